The average molecular weight is 334 g/mol. The van der Waals surface area contributed by atoms with Crippen LogP contribution in [0.4, 0.5) is 0 Å². The van der Waals surface area contributed by atoms with Crippen LogP contribution < -0.4 is 5.73 Å². The third-order valence-corrected chi connectivity index (χ3v) is 7.23. The maximum Gasteiger partial charge on any atom is 0.313 e. The molecule has 0 saturated carbocycles. The highest BCUT2D eigenvalue weighted by Crippen LogP contribution is 2.43. The summed E-state index contributed by atoms with van der Waals surface area (Å²) < 4.78 is 5.93. The second-order valence-corrected chi connectivity index (χ2v) is 7.80. The van der Waals surface area contributed by atoms with Gasteiger partial charge in [0.1, 0.15) is 23.2 Å². The molecule has 0 aromatic heterocycles. The van der Waals surface area contributed by atoms with Gasteiger partial charge in [-0.2, -0.15) is 0 Å². The maximum atomic E-state index is 11.7. The second kappa shape index (κ2) is 5.32. The number of nitrogens with zero attached hydrogens (tertiary/aromatic N) is 3. The number of thioether (sulfide) groups is 1. The number of nitrogens with two attached hydrogens (primary N) is 1. The van der Waals surface area contributed by atoms with E-state index in [9.17, 15) is 14.7 Å². The van der Waals surface area contributed by atoms with Gasteiger partial charge in [-0.1, -0.05) is 0 Å². The molecule has 10 heteroatoms. The third kappa shape index (κ3) is 2.28. The predicted molar refractivity (Wildman–Crippen MR) is 81.3 cm³/mol. The van der Waals surface area contributed by atoms with Crippen molar-refractivity contribution in [3.8, 4) is 0 Å². The number of hydrogen-bond acceptors (Lipinski definition) is 8. The fourth-order valence-electron chi connectivity index (χ4n) is 2.29. The SMILES string of the molecule is NC1C(=O)N2CC(CSN3C=NSC3)(C(=O)O)CS[C@H]12. The summed E-state index contributed by atoms with van der Waals surface area (Å²) in [4.78, 5) is 25.0. The Kier molecular flexibility index (Phi) is 3.82. The topological polar surface area (TPSA) is 99.2 Å². The Morgan fingerprint density at radius 1 is 1.70 bits per heavy atom. The van der Waals surface area contributed by atoms with E-state index in [1.807, 2.05) is 4.31 Å². The smallest absolute Gasteiger partial charge is 0.313 e. The first-order chi connectivity index (χ1) is 9.53. The lowest BCUT2D eigenvalue weighted by atomic mass is 9.89. The normalized spacial score (nSPS) is 36.0. The number of rotatable bonds is 4. The molecule has 0 spiro atoms. The Hall–Kier alpha value is -0.580. The van der Waals surface area contributed by atoms with Gasteiger partial charge in [-0.05, 0) is 23.9 Å². The molecule has 3 aliphatic rings. The summed E-state index contributed by atoms with van der Waals surface area (Å²) in [6.07, 6.45) is 1.70. The quantitative estimate of drug-likeness (QED) is 0.543. The van der Waals surface area contributed by atoms with Crippen LogP contribution in [-0.2, 0) is 9.59 Å². The highest BCUT2D eigenvalue weighted by molar-refractivity contribution is 8.02. The van der Waals surface area contributed by atoms with Crippen molar-refractivity contribution < 1.29 is 14.7 Å². The molecule has 3 atom stereocenters. The van der Waals surface area contributed by atoms with Gasteiger partial charge >= 0.3 is 5.97 Å². The van der Waals surface area contributed by atoms with Crippen LogP contribution in [0, 0.1) is 5.41 Å². The monoisotopic (exact) mass is 334 g/mol. The molecule has 3 rings (SSSR count). The number of aliphatic carboxylic acids is 1. The van der Waals surface area contributed by atoms with Crippen LogP contribution in [0.1, 0.15) is 0 Å². The molecule has 3 aliphatic heterocycles. The molecular formula is C10H14N4O3S3. The number of fused-ring (bicyclic) bond motifs is 1. The van der Waals surface area contributed by atoms with Crippen LogP contribution in [0.2, 0.25) is 0 Å². The molecule has 3 heterocycles. The summed E-state index contributed by atoms with van der Waals surface area (Å²) in [6.45, 7) is 0.248. The lowest BCUT2D eigenvalue weighted by Crippen LogP contribution is -2.72. The van der Waals surface area contributed by atoms with Gasteiger partial charge in [0.25, 0.3) is 0 Å². The van der Waals surface area contributed by atoms with E-state index in [4.69, 9.17) is 5.73 Å². The fourth-order valence-corrected chi connectivity index (χ4v) is 5.68. The van der Waals surface area contributed by atoms with Crippen molar-refractivity contribution in [1.29, 1.82) is 0 Å². The molecule has 3 N–H and O–H groups in total. The summed E-state index contributed by atoms with van der Waals surface area (Å²) in [6, 6.07) is -0.471. The predicted octanol–water partition coefficient (Wildman–Crippen LogP) is -0.102. The zero-order chi connectivity index (χ0) is 14.3. The van der Waals surface area contributed by atoms with Gasteiger partial charge in [-0.3, -0.25) is 13.9 Å². The van der Waals surface area contributed by atoms with E-state index in [0.717, 1.165) is 5.88 Å². The van der Waals surface area contributed by atoms with E-state index in [0.29, 0.717) is 11.5 Å². The average Bonchev–Trinajstić information content (AvgIpc) is 2.97. The van der Waals surface area contributed by atoms with E-state index in [2.05, 4.69) is 4.40 Å². The number of hydrogen-bond donors (Lipinski definition) is 2. The highest BCUT2D eigenvalue weighted by Gasteiger charge is 2.55. The van der Waals surface area contributed by atoms with Crippen molar-refractivity contribution in [2.24, 2.45) is 15.5 Å². The highest BCUT2D eigenvalue weighted by atomic mass is 32.2. The summed E-state index contributed by atoms with van der Waals surface area (Å²) in [5.41, 5.74) is 4.81. The van der Waals surface area contributed by atoms with Gasteiger partial charge < -0.3 is 15.7 Å². The van der Waals surface area contributed by atoms with E-state index in [1.54, 1.807) is 11.2 Å². The van der Waals surface area contributed by atoms with Crippen LogP contribution >= 0.6 is 35.7 Å². The number of carbonyl (C=O) groups excluding carboxylic acids is 1. The molecular weight excluding hydrogens is 320 g/mol. The minimum absolute atomic E-state index is 0.0520. The zero-order valence-electron chi connectivity index (χ0n) is 10.5. The summed E-state index contributed by atoms with van der Waals surface area (Å²) in [7, 11) is 0. The molecule has 0 radical (unpaired) electrons. The first-order valence-electron chi connectivity index (χ1n) is 6.00. The third-order valence-electron chi connectivity index (χ3n) is 3.58. The first kappa shape index (κ1) is 14.4. The van der Waals surface area contributed by atoms with Crippen LogP contribution in [0.15, 0.2) is 4.40 Å². The Labute approximate surface area is 129 Å². The van der Waals surface area contributed by atoms with Gasteiger partial charge in [0.05, 0.1) is 5.88 Å². The standard InChI is InChI=1S/C10H14N4O3S3/c11-6-7(15)14-1-10(9(16)17,2-18-8(6)14)3-20-13-4-12-19-5-13/h4,6,8H,1-3,5,11H2,(H,16,17)/t6?,8-,10?/m1/s1. The molecule has 0 aromatic carbocycles. The van der Waals surface area contributed by atoms with Crippen LogP contribution in [0.3, 0.4) is 0 Å². The largest absolute Gasteiger partial charge is 0.481 e. The number of amides is 1. The second-order valence-electron chi connectivity index (χ2n) is 4.95. The van der Waals surface area contributed by atoms with E-state index in [1.165, 1.54) is 35.7 Å². The van der Waals surface area contributed by atoms with Gasteiger partial charge in [0, 0.05) is 18.1 Å². The van der Waals surface area contributed by atoms with Crippen LogP contribution in [0.25, 0.3) is 0 Å². The lowest BCUT2D eigenvalue weighted by molar-refractivity contribution is -0.155. The molecule has 2 unspecified atom stereocenters. The van der Waals surface area contributed by atoms with Crippen molar-refractivity contribution in [2.75, 3.05) is 23.9 Å². The minimum atomic E-state index is -0.914. The molecule has 7 nitrogen and oxygen atoms in total. The molecule has 0 aromatic rings. The molecule has 1 amide bonds. The summed E-state index contributed by atoms with van der Waals surface area (Å²) >= 11 is 4.35. The molecule has 2 saturated heterocycles. The van der Waals surface area contributed by atoms with E-state index < -0.39 is 17.4 Å². The van der Waals surface area contributed by atoms with Gasteiger partial charge in [-0.15, -0.1) is 11.8 Å². The fraction of sp³-hybridized carbons (Fsp3) is 0.700. The number of β-lactam (4-membered cyclic amide) rings is 1. The van der Waals surface area contributed by atoms with Crippen molar-refractivity contribution in [3.05, 3.63) is 0 Å². The Morgan fingerprint density at radius 3 is 3.15 bits per heavy atom. The number of carboxylic acid groups (broad SMARTS) is 1. The lowest BCUT2D eigenvalue weighted by Gasteiger charge is -2.52. The van der Waals surface area contributed by atoms with Crippen LogP contribution in [0.5, 0.6) is 0 Å². The maximum absolute atomic E-state index is 11.7. The van der Waals surface area contributed by atoms with Crippen molar-refractivity contribution >= 4 is 53.9 Å². The molecule has 20 heavy (non-hydrogen) atoms. The minimum Gasteiger partial charge on any atom is -0.481 e. The zero-order valence-corrected chi connectivity index (χ0v) is 12.9. The summed E-state index contributed by atoms with van der Waals surface area (Å²) in [5.74, 6) is 0.636. The molecule has 2 fully saturated rings. The van der Waals surface area contributed by atoms with Crippen LogP contribution in [-0.4, -0.2) is 67.9 Å². The van der Waals surface area contributed by atoms with Crippen molar-refractivity contribution in [3.63, 3.8) is 0 Å². The van der Waals surface area contributed by atoms with Gasteiger partial charge in [0.2, 0.25) is 5.91 Å². The van der Waals surface area contributed by atoms with Gasteiger partial charge in [0.15, 0.2) is 0 Å². The molecule has 0 bridgehead atoms. The first-order valence-corrected chi connectivity index (χ1v) is 8.93. The van der Waals surface area contributed by atoms with E-state index >= 15 is 0 Å². The number of carbonyl (C=O) groups is 2. The van der Waals surface area contributed by atoms with E-state index in [-0.39, 0.29) is 17.8 Å². The molecule has 0 aliphatic carbocycles. The Bertz CT molecular complexity index is 477. The van der Waals surface area contributed by atoms with Crippen molar-refractivity contribution in [2.45, 2.75) is 11.4 Å². The van der Waals surface area contributed by atoms with Crippen molar-refractivity contribution in [1.82, 2.24) is 9.21 Å². The number of carboxylic acids is 1. The Morgan fingerprint density at radius 2 is 2.50 bits per heavy atom. The molecule has 110 valence electrons. The van der Waals surface area contributed by atoms with Gasteiger partial charge in [-0.25, -0.2) is 4.40 Å². The summed E-state index contributed by atoms with van der Waals surface area (Å²) in [5, 5.41) is 9.54. The Balaban J connectivity index is 1.67.